The molecule has 0 radical (unpaired) electrons. The summed E-state index contributed by atoms with van der Waals surface area (Å²) in [5, 5.41) is 9.42. The molecule has 3 rings (SSSR count). The molecule has 1 aromatic carbocycles. The van der Waals surface area contributed by atoms with E-state index in [4.69, 9.17) is 5.11 Å². The first-order valence-electron chi connectivity index (χ1n) is 7.23. The number of carboxylic acids is 1. The highest BCUT2D eigenvalue weighted by molar-refractivity contribution is 5.84. The number of likely N-dealkylation sites (tertiary alicyclic amines) is 1. The van der Waals surface area contributed by atoms with Crippen LogP contribution in [0, 0.1) is 0 Å². The molecule has 2 N–H and O–H groups in total. The van der Waals surface area contributed by atoms with Gasteiger partial charge in [-0.25, -0.2) is 9.59 Å². The minimum Gasteiger partial charge on any atom is -0.480 e. The van der Waals surface area contributed by atoms with Crippen molar-refractivity contribution in [1.29, 1.82) is 0 Å². The fourth-order valence-corrected chi connectivity index (χ4v) is 2.89. The predicted molar refractivity (Wildman–Crippen MR) is 81.2 cm³/mol. The first-order valence-corrected chi connectivity index (χ1v) is 7.23. The third-order valence-corrected chi connectivity index (χ3v) is 4.04. The van der Waals surface area contributed by atoms with Crippen LogP contribution in [0.2, 0.25) is 0 Å². The quantitative estimate of drug-likeness (QED) is 0.811. The smallest absolute Gasteiger partial charge is 0.329 e. The summed E-state index contributed by atoms with van der Waals surface area (Å²) in [6.07, 6.45) is 0.968. The van der Waals surface area contributed by atoms with Gasteiger partial charge in [0.25, 0.3) is 5.56 Å². The number of aliphatic carboxylic acids is 1. The standard InChI is InChI=1S/C15H15N3O5/c19-12(17-7-3-6-11(17)14(21)22)8-18-13(20)9-4-1-2-5-10(9)16-15(18)23/h1-2,4-5,11H,3,6-8H2,(H,16,23)(H,21,22). The summed E-state index contributed by atoms with van der Waals surface area (Å²) in [4.78, 5) is 51.6. The third-order valence-electron chi connectivity index (χ3n) is 4.04. The molecule has 1 aliphatic heterocycles. The lowest BCUT2D eigenvalue weighted by molar-refractivity contribution is -0.148. The van der Waals surface area contributed by atoms with Crippen LogP contribution in [0.1, 0.15) is 12.8 Å². The number of carbonyl (C=O) groups excluding carboxylic acids is 1. The minimum atomic E-state index is -1.07. The molecule has 1 fully saturated rings. The molecule has 2 aromatic rings. The summed E-state index contributed by atoms with van der Waals surface area (Å²) < 4.78 is 0.807. The molecule has 1 aromatic heterocycles. The van der Waals surface area contributed by atoms with Crippen molar-refractivity contribution in [2.24, 2.45) is 0 Å². The Morgan fingerprint density at radius 1 is 1.26 bits per heavy atom. The number of fused-ring (bicyclic) bond motifs is 1. The fraction of sp³-hybridized carbons (Fsp3) is 0.333. The number of aromatic amines is 1. The lowest BCUT2D eigenvalue weighted by Gasteiger charge is -2.21. The summed E-state index contributed by atoms with van der Waals surface area (Å²) in [6.45, 7) is -0.154. The van der Waals surface area contributed by atoms with Crippen molar-refractivity contribution in [1.82, 2.24) is 14.5 Å². The van der Waals surface area contributed by atoms with Gasteiger partial charge in [-0.15, -0.1) is 0 Å². The minimum absolute atomic E-state index is 0.302. The van der Waals surface area contributed by atoms with Crippen molar-refractivity contribution in [3.63, 3.8) is 0 Å². The molecule has 1 saturated heterocycles. The average Bonchev–Trinajstić information content (AvgIpc) is 3.01. The molecule has 0 saturated carbocycles. The average molecular weight is 317 g/mol. The van der Waals surface area contributed by atoms with Gasteiger partial charge < -0.3 is 15.0 Å². The number of amides is 1. The number of H-pyrrole nitrogens is 1. The molecule has 8 heteroatoms. The van der Waals surface area contributed by atoms with E-state index in [1.807, 2.05) is 0 Å². The van der Waals surface area contributed by atoms with Crippen LogP contribution in [0.5, 0.6) is 0 Å². The number of nitrogens with one attached hydrogen (secondary N) is 1. The van der Waals surface area contributed by atoms with Crippen LogP contribution in [0.15, 0.2) is 33.9 Å². The van der Waals surface area contributed by atoms with Crippen molar-refractivity contribution >= 4 is 22.8 Å². The van der Waals surface area contributed by atoms with Crippen LogP contribution in [0.4, 0.5) is 0 Å². The van der Waals surface area contributed by atoms with Gasteiger partial charge in [0.1, 0.15) is 12.6 Å². The number of para-hydroxylation sites is 1. The number of benzene rings is 1. The van der Waals surface area contributed by atoms with Crippen molar-refractivity contribution in [3.8, 4) is 0 Å². The van der Waals surface area contributed by atoms with E-state index in [-0.39, 0.29) is 0 Å². The second kappa shape index (κ2) is 5.71. The second-order valence-electron chi connectivity index (χ2n) is 5.45. The highest BCUT2D eigenvalue weighted by Gasteiger charge is 2.34. The monoisotopic (exact) mass is 317 g/mol. The van der Waals surface area contributed by atoms with E-state index in [0.717, 1.165) is 4.57 Å². The fourth-order valence-electron chi connectivity index (χ4n) is 2.89. The van der Waals surface area contributed by atoms with Crippen molar-refractivity contribution in [2.75, 3.05) is 6.54 Å². The van der Waals surface area contributed by atoms with E-state index in [1.54, 1.807) is 24.3 Å². The Labute approximate surface area is 130 Å². The molecule has 1 amide bonds. The summed E-state index contributed by atoms with van der Waals surface area (Å²) in [5.74, 6) is -1.62. The molecule has 0 bridgehead atoms. The van der Waals surface area contributed by atoms with Crippen LogP contribution in [-0.4, -0.2) is 44.0 Å². The highest BCUT2D eigenvalue weighted by atomic mass is 16.4. The SMILES string of the molecule is O=C(O)C1CCCN1C(=O)Cn1c(=O)[nH]c2ccccc2c1=O. The molecule has 0 spiro atoms. The Kier molecular flexibility index (Phi) is 3.73. The highest BCUT2D eigenvalue weighted by Crippen LogP contribution is 2.17. The number of rotatable bonds is 3. The number of aromatic nitrogens is 2. The van der Waals surface area contributed by atoms with Crippen molar-refractivity contribution in [2.45, 2.75) is 25.4 Å². The summed E-state index contributed by atoms with van der Waals surface area (Å²) in [7, 11) is 0. The summed E-state index contributed by atoms with van der Waals surface area (Å²) in [5.41, 5.74) is -0.854. The van der Waals surface area contributed by atoms with Crippen LogP contribution in [0.25, 0.3) is 10.9 Å². The van der Waals surface area contributed by atoms with E-state index in [0.29, 0.717) is 30.3 Å². The molecular weight excluding hydrogens is 302 g/mol. The second-order valence-corrected chi connectivity index (χ2v) is 5.45. The van der Waals surface area contributed by atoms with E-state index >= 15 is 0 Å². The summed E-state index contributed by atoms with van der Waals surface area (Å²) in [6, 6.07) is 5.62. The Morgan fingerprint density at radius 2 is 2.00 bits per heavy atom. The largest absolute Gasteiger partial charge is 0.480 e. The first kappa shape index (κ1) is 15.0. The van der Waals surface area contributed by atoms with Gasteiger partial charge >= 0.3 is 11.7 Å². The zero-order valence-corrected chi connectivity index (χ0v) is 12.2. The van der Waals surface area contributed by atoms with Gasteiger partial charge in [-0.3, -0.25) is 14.2 Å². The number of carboxylic acid groups (broad SMARTS) is 1. The molecular formula is C15H15N3O5. The molecule has 23 heavy (non-hydrogen) atoms. The van der Waals surface area contributed by atoms with E-state index < -0.39 is 35.7 Å². The molecule has 2 heterocycles. The molecule has 120 valence electrons. The van der Waals surface area contributed by atoms with E-state index in [2.05, 4.69) is 4.98 Å². The lowest BCUT2D eigenvalue weighted by atomic mass is 10.2. The number of nitrogens with zero attached hydrogens (tertiary/aromatic N) is 2. The molecule has 1 unspecified atom stereocenters. The molecule has 0 aliphatic carbocycles. The van der Waals surface area contributed by atoms with E-state index in [9.17, 15) is 19.2 Å². The van der Waals surface area contributed by atoms with E-state index in [1.165, 1.54) is 4.90 Å². The van der Waals surface area contributed by atoms with Crippen molar-refractivity contribution < 1.29 is 14.7 Å². The molecule has 1 atom stereocenters. The molecule has 8 nitrogen and oxygen atoms in total. The predicted octanol–water partition coefficient (Wildman–Crippen LogP) is -0.235. The van der Waals surface area contributed by atoms with Crippen LogP contribution in [0.3, 0.4) is 0 Å². The van der Waals surface area contributed by atoms with Gasteiger partial charge in [0, 0.05) is 6.54 Å². The molecule has 1 aliphatic rings. The number of carbonyl (C=O) groups is 2. The maximum Gasteiger partial charge on any atom is 0.329 e. The van der Waals surface area contributed by atoms with Crippen LogP contribution >= 0.6 is 0 Å². The summed E-state index contributed by atoms with van der Waals surface area (Å²) >= 11 is 0. The number of hydrogen-bond acceptors (Lipinski definition) is 4. The van der Waals surface area contributed by atoms with Crippen LogP contribution < -0.4 is 11.2 Å². The van der Waals surface area contributed by atoms with Crippen molar-refractivity contribution in [3.05, 3.63) is 45.1 Å². The first-order chi connectivity index (χ1) is 11.0. The Bertz CT molecular complexity index is 898. The Morgan fingerprint density at radius 3 is 2.74 bits per heavy atom. The Hall–Kier alpha value is -2.90. The van der Waals surface area contributed by atoms with Gasteiger partial charge in [-0.05, 0) is 25.0 Å². The lowest BCUT2D eigenvalue weighted by Crippen LogP contribution is -2.46. The van der Waals surface area contributed by atoms with Gasteiger partial charge in [0.05, 0.1) is 10.9 Å². The van der Waals surface area contributed by atoms with Gasteiger partial charge in [-0.1, -0.05) is 12.1 Å². The van der Waals surface area contributed by atoms with Gasteiger partial charge in [-0.2, -0.15) is 0 Å². The third kappa shape index (κ3) is 2.63. The van der Waals surface area contributed by atoms with Gasteiger partial charge in [0.15, 0.2) is 0 Å². The maximum absolute atomic E-state index is 12.4. The topological polar surface area (TPSA) is 112 Å². The number of hydrogen-bond donors (Lipinski definition) is 2. The van der Waals surface area contributed by atoms with Crippen LogP contribution in [-0.2, 0) is 16.1 Å². The van der Waals surface area contributed by atoms with Gasteiger partial charge in [0.2, 0.25) is 5.91 Å². The maximum atomic E-state index is 12.4. The zero-order valence-electron chi connectivity index (χ0n) is 12.2. The Balaban J connectivity index is 1.96. The zero-order chi connectivity index (χ0) is 16.6. The normalized spacial score (nSPS) is 17.6.